The average Bonchev–Trinajstić information content (AvgIpc) is 2.37. The normalized spacial score (nSPS) is 12.4. The highest BCUT2D eigenvalue weighted by molar-refractivity contribution is 9.10. The molecule has 0 amide bonds. The van der Waals surface area contributed by atoms with E-state index in [0.29, 0.717) is 0 Å². The van der Waals surface area contributed by atoms with Gasteiger partial charge in [0, 0.05) is 4.47 Å². The number of nitrogens with one attached hydrogen (secondary N) is 1. The van der Waals surface area contributed by atoms with Crippen LogP contribution in [0.3, 0.4) is 0 Å². The molecule has 1 N–H and O–H groups in total. The fraction of sp³-hybridized carbons (Fsp3) is 0.200. The summed E-state index contributed by atoms with van der Waals surface area (Å²) in [6, 6.07) is 14.8. The van der Waals surface area contributed by atoms with Gasteiger partial charge in [-0.05, 0) is 41.9 Å². The van der Waals surface area contributed by atoms with Crippen molar-refractivity contribution in [1.29, 1.82) is 0 Å². The topological polar surface area (TPSA) is 12.0 Å². The van der Waals surface area contributed by atoms with Crippen LogP contribution in [0.1, 0.15) is 24.1 Å². The summed E-state index contributed by atoms with van der Waals surface area (Å²) in [6.07, 6.45) is 0. The Balaban J connectivity index is 2.36. The van der Waals surface area contributed by atoms with Gasteiger partial charge in [0.15, 0.2) is 0 Å². The van der Waals surface area contributed by atoms with Gasteiger partial charge in [-0.3, -0.25) is 0 Å². The van der Waals surface area contributed by atoms with Gasteiger partial charge in [-0.25, -0.2) is 4.39 Å². The molecule has 0 spiro atoms. The molecule has 2 aromatic rings. The Morgan fingerprint density at radius 1 is 1.11 bits per heavy atom. The first-order chi connectivity index (χ1) is 8.70. The second-order valence-corrected chi connectivity index (χ2v) is 5.01. The average molecular weight is 308 g/mol. The van der Waals surface area contributed by atoms with Crippen molar-refractivity contribution in [3.8, 4) is 0 Å². The summed E-state index contributed by atoms with van der Waals surface area (Å²) in [4.78, 5) is 0. The number of rotatable bonds is 4. The fourth-order valence-electron chi connectivity index (χ4n) is 1.97. The Kier molecular flexibility index (Phi) is 4.50. The van der Waals surface area contributed by atoms with Crippen LogP contribution in [0.5, 0.6) is 0 Å². The largest absolute Gasteiger partial charge is 0.307 e. The van der Waals surface area contributed by atoms with Gasteiger partial charge in [-0.1, -0.05) is 47.1 Å². The summed E-state index contributed by atoms with van der Waals surface area (Å²) in [6.45, 7) is 2.88. The first kappa shape index (κ1) is 13.2. The van der Waals surface area contributed by atoms with Crippen molar-refractivity contribution in [1.82, 2.24) is 5.32 Å². The minimum atomic E-state index is -0.201. The van der Waals surface area contributed by atoms with Crippen LogP contribution in [0.25, 0.3) is 0 Å². The van der Waals surface area contributed by atoms with Gasteiger partial charge in [-0.2, -0.15) is 0 Å². The molecule has 18 heavy (non-hydrogen) atoms. The minimum Gasteiger partial charge on any atom is -0.307 e. The Morgan fingerprint density at radius 2 is 1.83 bits per heavy atom. The molecule has 0 bridgehead atoms. The van der Waals surface area contributed by atoms with Crippen molar-refractivity contribution >= 4 is 15.9 Å². The second-order valence-electron chi connectivity index (χ2n) is 4.10. The molecule has 1 atom stereocenters. The molecule has 0 saturated heterocycles. The van der Waals surface area contributed by atoms with E-state index in [2.05, 4.69) is 21.2 Å². The maximum atomic E-state index is 13.3. The van der Waals surface area contributed by atoms with Crippen molar-refractivity contribution in [3.05, 3.63) is 69.9 Å². The van der Waals surface area contributed by atoms with Crippen LogP contribution in [0.2, 0.25) is 0 Å². The van der Waals surface area contributed by atoms with Crippen LogP contribution < -0.4 is 5.32 Å². The molecule has 0 aromatic heterocycles. The predicted molar refractivity (Wildman–Crippen MR) is 76.1 cm³/mol. The van der Waals surface area contributed by atoms with E-state index in [1.165, 1.54) is 6.07 Å². The van der Waals surface area contributed by atoms with Gasteiger partial charge < -0.3 is 5.32 Å². The molecule has 3 heteroatoms. The maximum Gasteiger partial charge on any atom is 0.123 e. The SMILES string of the molecule is CCNC(c1ccc(Br)cc1)c1cccc(F)c1. The zero-order chi connectivity index (χ0) is 13.0. The zero-order valence-electron chi connectivity index (χ0n) is 10.2. The molecule has 1 nitrogen and oxygen atoms in total. The van der Waals surface area contributed by atoms with Crippen LogP contribution >= 0.6 is 15.9 Å². The molecule has 0 saturated carbocycles. The van der Waals surface area contributed by atoms with Gasteiger partial charge in [0.25, 0.3) is 0 Å². The third kappa shape index (κ3) is 3.18. The smallest absolute Gasteiger partial charge is 0.123 e. The number of hydrogen-bond donors (Lipinski definition) is 1. The number of benzene rings is 2. The molecular weight excluding hydrogens is 293 g/mol. The second kappa shape index (κ2) is 6.12. The van der Waals surface area contributed by atoms with Crippen LogP contribution in [0.4, 0.5) is 4.39 Å². The Labute approximate surface area is 115 Å². The van der Waals surface area contributed by atoms with Gasteiger partial charge in [0.05, 0.1) is 6.04 Å². The van der Waals surface area contributed by atoms with Gasteiger partial charge in [0.1, 0.15) is 5.82 Å². The highest BCUT2D eigenvalue weighted by Crippen LogP contribution is 2.24. The van der Waals surface area contributed by atoms with Crippen molar-refractivity contribution in [2.45, 2.75) is 13.0 Å². The van der Waals surface area contributed by atoms with E-state index in [4.69, 9.17) is 0 Å². The Hall–Kier alpha value is -1.19. The molecule has 0 fully saturated rings. The fourth-order valence-corrected chi connectivity index (χ4v) is 2.24. The molecule has 1 unspecified atom stereocenters. The summed E-state index contributed by atoms with van der Waals surface area (Å²) < 4.78 is 14.4. The maximum absolute atomic E-state index is 13.3. The molecule has 0 aliphatic heterocycles. The summed E-state index contributed by atoms with van der Waals surface area (Å²) in [5, 5.41) is 3.38. The highest BCUT2D eigenvalue weighted by Gasteiger charge is 2.13. The first-order valence-electron chi connectivity index (χ1n) is 5.95. The van der Waals surface area contributed by atoms with Crippen molar-refractivity contribution < 1.29 is 4.39 Å². The zero-order valence-corrected chi connectivity index (χ0v) is 11.7. The lowest BCUT2D eigenvalue weighted by Gasteiger charge is -2.19. The lowest BCUT2D eigenvalue weighted by Crippen LogP contribution is -2.22. The quantitative estimate of drug-likeness (QED) is 0.888. The lowest BCUT2D eigenvalue weighted by atomic mass is 9.98. The van der Waals surface area contributed by atoms with Gasteiger partial charge in [0.2, 0.25) is 0 Å². The van der Waals surface area contributed by atoms with Gasteiger partial charge >= 0.3 is 0 Å². The predicted octanol–water partition coefficient (Wildman–Crippen LogP) is 4.29. The summed E-state index contributed by atoms with van der Waals surface area (Å²) >= 11 is 3.42. The summed E-state index contributed by atoms with van der Waals surface area (Å²) in [5.74, 6) is -0.201. The lowest BCUT2D eigenvalue weighted by molar-refractivity contribution is 0.603. The van der Waals surface area contributed by atoms with E-state index in [1.54, 1.807) is 12.1 Å². The molecule has 0 aliphatic carbocycles. The van der Waals surface area contributed by atoms with Crippen molar-refractivity contribution in [2.75, 3.05) is 6.54 Å². The van der Waals surface area contributed by atoms with Crippen LogP contribution in [0.15, 0.2) is 53.0 Å². The molecule has 0 radical (unpaired) electrons. The molecule has 0 aliphatic rings. The van der Waals surface area contributed by atoms with Crippen LogP contribution in [0, 0.1) is 5.82 Å². The first-order valence-corrected chi connectivity index (χ1v) is 6.74. The molecule has 2 aromatic carbocycles. The van der Waals surface area contributed by atoms with Crippen molar-refractivity contribution in [3.63, 3.8) is 0 Å². The van der Waals surface area contributed by atoms with E-state index >= 15 is 0 Å². The number of halogens is 2. The molecule has 94 valence electrons. The minimum absolute atomic E-state index is 0.0267. The Bertz CT molecular complexity index is 510. The van der Waals surface area contributed by atoms with E-state index < -0.39 is 0 Å². The monoisotopic (exact) mass is 307 g/mol. The summed E-state index contributed by atoms with van der Waals surface area (Å²) in [5.41, 5.74) is 2.07. The third-order valence-electron chi connectivity index (χ3n) is 2.79. The van der Waals surface area contributed by atoms with E-state index in [-0.39, 0.29) is 11.9 Å². The van der Waals surface area contributed by atoms with E-state index in [9.17, 15) is 4.39 Å². The highest BCUT2D eigenvalue weighted by atomic mass is 79.9. The molecule has 2 rings (SSSR count). The van der Waals surface area contributed by atoms with Crippen molar-refractivity contribution in [2.24, 2.45) is 0 Å². The van der Waals surface area contributed by atoms with Crippen LogP contribution in [-0.2, 0) is 0 Å². The third-order valence-corrected chi connectivity index (χ3v) is 3.32. The standard InChI is InChI=1S/C15H15BrFN/c1-2-18-15(11-6-8-13(16)9-7-11)12-4-3-5-14(17)10-12/h3-10,15,18H,2H2,1H3. The van der Waals surface area contributed by atoms with E-state index in [0.717, 1.165) is 22.1 Å². The van der Waals surface area contributed by atoms with E-state index in [1.807, 2.05) is 37.3 Å². The molecule has 0 heterocycles. The number of hydrogen-bond acceptors (Lipinski definition) is 1. The Morgan fingerprint density at radius 3 is 2.44 bits per heavy atom. The summed E-state index contributed by atoms with van der Waals surface area (Å²) in [7, 11) is 0. The van der Waals surface area contributed by atoms with Crippen LogP contribution in [-0.4, -0.2) is 6.54 Å². The van der Waals surface area contributed by atoms with Gasteiger partial charge in [-0.15, -0.1) is 0 Å². The molecular formula is C15H15BrFN.